The standard InChI is InChI=1S/C13H14F4N2O2/c14-8-5-6-12(19(20)21)11(7-8)18-10-4-2-1-3-9(10)13(15,16)17/h5-7,9-10,18H,1-4H2. The lowest BCUT2D eigenvalue weighted by Gasteiger charge is -2.34. The second-order valence-corrected chi connectivity index (χ2v) is 5.10. The van der Waals surface area contributed by atoms with Gasteiger partial charge in [0.05, 0.1) is 10.8 Å². The fourth-order valence-electron chi connectivity index (χ4n) is 2.68. The highest BCUT2D eigenvalue weighted by Gasteiger charge is 2.45. The Labute approximate surface area is 118 Å². The van der Waals surface area contributed by atoms with E-state index in [-0.39, 0.29) is 18.5 Å². The minimum absolute atomic E-state index is 0.0235. The average molecular weight is 306 g/mol. The lowest BCUT2D eigenvalue weighted by Crippen LogP contribution is -2.41. The van der Waals surface area contributed by atoms with Crippen molar-refractivity contribution < 1.29 is 22.5 Å². The Morgan fingerprint density at radius 1 is 1.24 bits per heavy atom. The Hall–Kier alpha value is -1.86. The number of nitro benzene ring substituents is 1. The van der Waals surface area contributed by atoms with Crippen molar-refractivity contribution in [1.29, 1.82) is 0 Å². The third kappa shape index (κ3) is 3.62. The summed E-state index contributed by atoms with van der Waals surface area (Å²) in [6.45, 7) is 0. The van der Waals surface area contributed by atoms with Crippen LogP contribution in [0.4, 0.5) is 28.9 Å². The van der Waals surface area contributed by atoms with Crippen molar-refractivity contribution in [2.24, 2.45) is 5.92 Å². The van der Waals surface area contributed by atoms with Crippen molar-refractivity contribution in [2.45, 2.75) is 37.9 Å². The molecular formula is C13H14F4N2O2. The predicted octanol–water partition coefficient (Wildman–Crippen LogP) is 4.27. The molecule has 0 radical (unpaired) electrons. The van der Waals surface area contributed by atoms with E-state index in [2.05, 4.69) is 5.32 Å². The molecule has 0 aliphatic heterocycles. The smallest absolute Gasteiger partial charge is 0.376 e. The molecule has 1 aliphatic rings. The van der Waals surface area contributed by atoms with E-state index >= 15 is 0 Å². The molecule has 2 unspecified atom stereocenters. The van der Waals surface area contributed by atoms with Crippen LogP contribution in [0, 0.1) is 21.8 Å². The summed E-state index contributed by atoms with van der Waals surface area (Å²) in [5.41, 5.74) is -0.635. The van der Waals surface area contributed by atoms with Crippen LogP contribution in [0.25, 0.3) is 0 Å². The van der Waals surface area contributed by atoms with Crippen LogP contribution in [0.15, 0.2) is 18.2 Å². The quantitative estimate of drug-likeness (QED) is 0.515. The Balaban J connectivity index is 2.27. The van der Waals surface area contributed by atoms with Gasteiger partial charge >= 0.3 is 6.18 Å². The van der Waals surface area contributed by atoms with Gasteiger partial charge in [-0.15, -0.1) is 0 Å². The number of anilines is 1. The summed E-state index contributed by atoms with van der Waals surface area (Å²) in [6, 6.07) is 1.74. The van der Waals surface area contributed by atoms with E-state index in [4.69, 9.17) is 0 Å². The summed E-state index contributed by atoms with van der Waals surface area (Å²) < 4.78 is 52.2. The van der Waals surface area contributed by atoms with Crippen molar-refractivity contribution in [3.05, 3.63) is 34.1 Å². The molecule has 1 aromatic carbocycles. The van der Waals surface area contributed by atoms with Gasteiger partial charge in [0.15, 0.2) is 0 Å². The molecule has 0 heterocycles. The zero-order chi connectivity index (χ0) is 15.6. The number of halogens is 4. The molecule has 2 atom stereocenters. The van der Waals surface area contributed by atoms with Crippen LogP contribution in [-0.2, 0) is 0 Å². The molecule has 1 N–H and O–H groups in total. The van der Waals surface area contributed by atoms with Crippen molar-refractivity contribution in [1.82, 2.24) is 0 Å². The van der Waals surface area contributed by atoms with Crippen LogP contribution in [0.2, 0.25) is 0 Å². The van der Waals surface area contributed by atoms with Gasteiger partial charge in [0.1, 0.15) is 11.5 Å². The first kappa shape index (κ1) is 15.5. The molecule has 1 fully saturated rings. The van der Waals surface area contributed by atoms with Crippen LogP contribution in [-0.4, -0.2) is 17.1 Å². The van der Waals surface area contributed by atoms with Gasteiger partial charge in [0.25, 0.3) is 5.69 Å². The number of alkyl halides is 3. The summed E-state index contributed by atoms with van der Waals surface area (Å²) in [4.78, 5) is 10.1. The highest BCUT2D eigenvalue weighted by atomic mass is 19.4. The van der Waals surface area contributed by atoms with Gasteiger partial charge in [-0.3, -0.25) is 10.1 Å². The molecule has 116 valence electrons. The van der Waals surface area contributed by atoms with Crippen molar-refractivity contribution in [3.8, 4) is 0 Å². The number of nitro groups is 1. The maximum absolute atomic E-state index is 13.2. The summed E-state index contributed by atoms with van der Waals surface area (Å²) in [6.07, 6.45) is -3.08. The normalized spacial score (nSPS) is 22.9. The number of nitrogens with one attached hydrogen (secondary N) is 1. The van der Waals surface area contributed by atoms with Crippen LogP contribution < -0.4 is 5.32 Å². The summed E-state index contributed by atoms with van der Waals surface area (Å²) in [5.74, 6) is -2.31. The highest BCUT2D eigenvalue weighted by Crippen LogP contribution is 2.40. The number of benzene rings is 1. The maximum Gasteiger partial charge on any atom is 0.393 e. The summed E-state index contributed by atoms with van der Waals surface area (Å²) in [7, 11) is 0. The lowest BCUT2D eigenvalue weighted by molar-refractivity contribution is -0.384. The largest absolute Gasteiger partial charge is 0.393 e. The van der Waals surface area contributed by atoms with Crippen LogP contribution >= 0.6 is 0 Å². The molecule has 0 bridgehead atoms. The summed E-state index contributed by atoms with van der Waals surface area (Å²) in [5, 5.41) is 13.4. The highest BCUT2D eigenvalue weighted by molar-refractivity contribution is 5.62. The predicted molar refractivity (Wildman–Crippen MR) is 68.5 cm³/mol. The fraction of sp³-hybridized carbons (Fsp3) is 0.538. The van der Waals surface area contributed by atoms with Crippen molar-refractivity contribution >= 4 is 11.4 Å². The number of nitrogens with zero attached hydrogens (tertiary/aromatic N) is 1. The minimum atomic E-state index is -4.37. The summed E-state index contributed by atoms with van der Waals surface area (Å²) >= 11 is 0. The van der Waals surface area contributed by atoms with Gasteiger partial charge in [-0.25, -0.2) is 4.39 Å². The first-order chi connectivity index (χ1) is 9.79. The lowest BCUT2D eigenvalue weighted by atomic mass is 9.84. The second-order valence-electron chi connectivity index (χ2n) is 5.10. The molecular weight excluding hydrogens is 292 g/mol. The molecule has 1 aromatic rings. The molecule has 1 aliphatic carbocycles. The Kier molecular flexibility index (Phi) is 4.34. The number of rotatable bonds is 3. The van der Waals surface area contributed by atoms with Crippen molar-refractivity contribution in [3.63, 3.8) is 0 Å². The average Bonchev–Trinajstić information content (AvgIpc) is 2.37. The van der Waals surface area contributed by atoms with Gasteiger partial charge < -0.3 is 5.32 Å². The third-order valence-corrected chi connectivity index (χ3v) is 3.68. The Morgan fingerprint density at radius 3 is 2.52 bits per heavy atom. The second kappa shape index (κ2) is 5.87. The molecule has 4 nitrogen and oxygen atoms in total. The third-order valence-electron chi connectivity index (χ3n) is 3.68. The van der Waals surface area contributed by atoms with Crippen LogP contribution in [0.5, 0.6) is 0 Å². The zero-order valence-electron chi connectivity index (χ0n) is 11.0. The van der Waals surface area contributed by atoms with E-state index in [9.17, 15) is 27.7 Å². The van der Waals surface area contributed by atoms with Gasteiger partial charge in [0.2, 0.25) is 0 Å². The Morgan fingerprint density at radius 2 is 1.90 bits per heavy atom. The molecule has 0 aromatic heterocycles. The van der Waals surface area contributed by atoms with Crippen LogP contribution in [0.1, 0.15) is 25.7 Å². The van der Waals surface area contributed by atoms with E-state index in [1.165, 1.54) is 0 Å². The molecule has 0 saturated heterocycles. The monoisotopic (exact) mass is 306 g/mol. The van der Waals surface area contributed by atoms with Crippen molar-refractivity contribution in [2.75, 3.05) is 5.32 Å². The van der Waals surface area contributed by atoms with E-state index in [1.807, 2.05) is 0 Å². The van der Waals surface area contributed by atoms with E-state index < -0.39 is 34.6 Å². The zero-order valence-corrected chi connectivity index (χ0v) is 11.0. The van der Waals surface area contributed by atoms with Gasteiger partial charge in [-0.05, 0) is 18.9 Å². The van der Waals surface area contributed by atoms with Crippen LogP contribution in [0.3, 0.4) is 0 Å². The molecule has 0 amide bonds. The molecule has 0 spiro atoms. The number of hydrogen-bond acceptors (Lipinski definition) is 3. The molecule has 2 rings (SSSR count). The Bertz CT molecular complexity index is 533. The molecule has 8 heteroatoms. The first-order valence-corrected chi connectivity index (χ1v) is 6.56. The van der Waals surface area contributed by atoms with Gasteiger partial charge in [-0.1, -0.05) is 12.8 Å². The number of hydrogen-bond donors (Lipinski definition) is 1. The van der Waals surface area contributed by atoms with Gasteiger partial charge in [0, 0.05) is 18.2 Å². The van der Waals surface area contributed by atoms with E-state index in [0.29, 0.717) is 12.8 Å². The maximum atomic E-state index is 13.2. The molecule has 1 saturated carbocycles. The molecule has 21 heavy (non-hydrogen) atoms. The minimum Gasteiger partial charge on any atom is -0.376 e. The topological polar surface area (TPSA) is 55.2 Å². The fourth-order valence-corrected chi connectivity index (χ4v) is 2.68. The van der Waals surface area contributed by atoms with Gasteiger partial charge in [-0.2, -0.15) is 13.2 Å². The van der Waals surface area contributed by atoms with E-state index in [0.717, 1.165) is 18.2 Å². The van der Waals surface area contributed by atoms with E-state index in [1.54, 1.807) is 0 Å². The SMILES string of the molecule is O=[N+]([O-])c1ccc(F)cc1NC1CCCCC1C(F)(F)F. The first-order valence-electron chi connectivity index (χ1n) is 6.56.